The molecular formula is C14H21NO2S. The lowest BCUT2D eigenvalue weighted by molar-refractivity contribution is 0.399. The van der Waals surface area contributed by atoms with E-state index in [-0.39, 0.29) is 5.75 Å². The van der Waals surface area contributed by atoms with Crippen molar-refractivity contribution >= 4 is 9.84 Å². The molecule has 4 heteroatoms. The maximum Gasteiger partial charge on any atom is 0.151 e. The van der Waals surface area contributed by atoms with Crippen LogP contribution in [0.2, 0.25) is 0 Å². The molecule has 0 radical (unpaired) electrons. The fourth-order valence-corrected chi connectivity index (χ4v) is 3.32. The van der Waals surface area contributed by atoms with Crippen LogP contribution in [0.5, 0.6) is 0 Å². The highest BCUT2D eigenvalue weighted by atomic mass is 32.2. The molecule has 100 valence electrons. The summed E-state index contributed by atoms with van der Waals surface area (Å²) in [4.78, 5) is 0. The fourth-order valence-electron chi connectivity index (χ4n) is 2.53. The molecule has 1 saturated heterocycles. The molecule has 1 fully saturated rings. The monoisotopic (exact) mass is 267 g/mol. The van der Waals surface area contributed by atoms with Crippen molar-refractivity contribution in [3.05, 3.63) is 35.4 Å². The first-order chi connectivity index (χ1) is 8.53. The average Bonchev–Trinajstić information content (AvgIpc) is 2.28. The van der Waals surface area contributed by atoms with Gasteiger partial charge in [0.25, 0.3) is 0 Å². The lowest BCUT2D eigenvalue weighted by Crippen LogP contribution is -2.35. The van der Waals surface area contributed by atoms with Crippen molar-refractivity contribution in [1.82, 2.24) is 5.32 Å². The molecule has 1 aromatic carbocycles. The van der Waals surface area contributed by atoms with Gasteiger partial charge in [-0.25, -0.2) is 8.42 Å². The molecule has 1 unspecified atom stereocenters. The summed E-state index contributed by atoms with van der Waals surface area (Å²) in [6.45, 7) is 1.10. The number of piperidine rings is 1. The number of sulfone groups is 1. The topological polar surface area (TPSA) is 46.2 Å². The smallest absolute Gasteiger partial charge is 0.151 e. The van der Waals surface area contributed by atoms with Gasteiger partial charge in [-0.15, -0.1) is 0 Å². The molecule has 1 aliphatic rings. The second-order valence-electron chi connectivity index (χ2n) is 5.24. The number of nitrogens with one attached hydrogen (secondary N) is 1. The Morgan fingerprint density at radius 1 is 1.28 bits per heavy atom. The van der Waals surface area contributed by atoms with Gasteiger partial charge in [-0.2, -0.15) is 0 Å². The van der Waals surface area contributed by atoms with Gasteiger partial charge in [0.15, 0.2) is 9.84 Å². The van der Waals surface area contributed by atoms with Gasteiger partial charge in [0.05, 0.1) is 5.75 Å². The standard InChI is InChI=1S/C14H21NO2S/c1-18(16,17)11-13-6-4-5-12(9-13)10-14-7-2-3-8-15-14/h4-6,9,14-15H,2-3,7-8,10-11H2,1H3. The molecule has 0 bridgehead atoms. The lowest BCUT2D eigenvalue weighted by atomic mass is 9.97. The van der Waals surface area contributed by atoms with Gasteiger partial charge < -0.3 is 5.32 Å². The van der Waals surface area contributed by atoms with Gasteiger partial charge in [-0.1, -0.05) is 30.7 Å². The predicted molar refractivity (Wildman–Crippen MR) is 74.3 cm³/mol. The van der Waals surface area contributed by atoms with Crippen LogP contribution in [0.3, 0.4) is 0 Å². The van der Waals surface area contributed by atoms with Gasteiger partial charge in [-0.05, 0) is 36.9 Å². The highest BCUT2D eigenvalue weighted by molar-refractivity contribution is 7.89. The van der Waals surface area contributed by atoms with Crippen molar-refractivity contribution < 1.29 is 8.42 Å². The summed E-state index contributed by atoms with van der Waals surface area (Å²) in [5.74, 6) is 0.138. The molecule has 1 heterocycles. The molecule has 1 N–H and O–H groups in total. The van der Waals surface area contributed by atoms with E-state index in [2.05, 4.69) is 11.4 Å². The number of rotatable bonds is 4. The third-order valence-corrected chi connectivity index (χ3v) is 4.17. The van der Waals surface area contributed by atoms with E-state index in [0.29, 0.717) is 6.04 Å². The first kappa shape index (κ1) is 13.6. The summed E-state index contributed by atoms with van der Waals surface area (Å²) < 4.78 is 22.6. The normalized spacial score (nSPS) is 20.8. The van der Waals surface area contributed by atoms with E-state index in [1.165, 1.54) is 31.1 Å². The molecule has 1 atom stereocenters. The summed E-state index contributed by atoms with van der Waals surface area (Å²) in [6, 6.07) is 8.50. The van der Waals surface area contributed by atoms with Gasteiger partial charge in [-0.3, -0.25) is 0 Å². The van der Waals surface area contributed by atoms with Crippen LogP contribution in [0.25, 0.3) is 0 Å². The van der Waals surface area contributed by atoms with Crippen molar-refractivity contribution in [1.29, 1.82) is 0 Å². The Bertz CT molecular complexity index is 490. The molecule has 0 amide bonds. The second kappa shape index (κ2) is 5.85. The van der Waals surface area contributed by atoms with E-state index in [1.54, 1.807) is 0 Å². The molecule has 0 aromatic heterocycles. The minimum absolute atomic E-state index is 0.138. The second-order valence-corrected chi connectivity index (χ2v) is 7.38. The number of hydrogen-bond donors (Lipinski definition) is 1. The molecule has 0 aliphatic carbocycles. The zero-order chi connectivity index (χ0) is 13.0. The van der Waals surface area contributed by atoms with Gasteiger partial charge in [0.1, 0.15) is 0 Å². The number of hydrogen-bond acceptors (Lipinski definition) is 3. The van der Waals surface area contributed by atoms with Crippen LogP contribution in [0.1, 0.15) is 30.4 Å². The van der Waals surface area contributed by atoms with Crippen molar-refractivity contribution in [2.45, 2.75) is 37.5 Å². The van der Waals surface area contributed by atoms with Gasteiger partial charge in [0.2, 0.25) is 0 Å². The molecule has 3 nitrogen and oxygen atoms in total. The molecular weight excluding hydrogens is 246 g/mol. The average molecular weight is 267 g/mol. The van der Waals surface area contributed by atoms with E-state index in [9.17, 15) is 8.42 Å². The molecule has 1 aliphatic heterocycles. The zero-order valence-electron chi connectivity index (χ0n) is 10.9. The minimum Gasteiger partial charge on any atom is -0.314 e. The van der Waals surface area contributed by atoms with Crippen LogP contribution >= 0.6 is 0 Å². The quantitative estimate of drug-likeness (QED) is 0.906. The predicted octanol–water partition coefficient (Wildman–Crippen LogP) is 1.92. The van der Waals surface area contributed by atoms with Crippen molar-refractivity contribution in [3.63, 3.8) is 0 Å². The molecule has 0 saturated carbocycles. The van der Waals surface area contributed by atoms with Crippen molar-refractivity contribution in [2.75, 3.05) is 12.8 Å². The Hall–Kier alpha value is -0.870. The van der Waals surface area contributed by atoms with Crippen LogP contribution in [-0.2, 0) is 22.0 Å². The Labute approximate surface area is 110 Å². The highest BCUT2D eigenvalue weighted by Gasteiger charge is 2.13. The third kappa shape index (κ3) is 4.42. The summed E-state index contributed by atoms with van der Waals surface area (Å²) in [5, 5.41) is 3.52. The van der Waals surface area contributed by atoms with Crippen LogP contribution in [0.4, 0.5) is 0 Å². The van der Waals surface area contributed by atoms with E-state index >= 15 is 0 Å². The molecule has 18 heavy (non-hydrogen) atoms. The Morgan fingerprint density at radius 2 is 2.06 bits per heavy atom. The zero-order valence-corrected chi connectivity index (χ0v) is 11.7. The molecule has 2 rings (SSSR count). The van der Waals surface area contributed by atoms with E-state index in [1.807, 2.05) is 18.2 Å². The van der Waals surface area contributed by atoms with Crippen LogP contribution < -0.4 is 5.32 Å². The largest absolute Gasteiger partial charge is 0.314 e. The maximum atomic E-state index is 11.3. The maximum absolute atomic E-state index is 11.3. The van der Waals surface area contributed by atoms with E-state index < -0.39 is 9.84 Å². The minimum atomic E-state index is -2.94. The van der Waals surface area contributed by atoms with Crippen LogP contribution in [0, 0.1) is 0 Å². The Balaban J connectivity index is 2.02. The first-order valence-electron chi connectivity index (χ1n) is 6.52. The Morgan fingerprint density at radius 3 is 2.72 bits per heavy atom. The SMILES string of the molecule is CS(=O)(=O)Cc1cccc(CC2CCCCN2)c1. The third-order valence-electron chi connectivity index (χ3n) is 3.31. The van der Waals surface area contributed by atoms with Crippen molar-refractivity contribution in [3.8, 4) is 0 Å². The Kier molecular flexibility index (Phi) is 4.40. The summed E-state index contributed by atoms with van der Waals surface area (Å²) in [7, 11) is -2.94. The summed E-state index contributed by atoms with van der Waals surface area (Å²) in [6.07, 6.45) is 6.06. The summed E-state index contributed by atoms with van der Waals surface area (Å²) >= 11 is 0. The lowest BCUT2D eigenvalue weighted by Gasteiger charge is -2.23. The molecule has 1 aromatic rings. The van der Waals surface area contributed by atoms with Gasteiger partial charge in [0, 0.05) is 12.3 Å². The highest BCUT2D eigenvalue weighted by Crippen LogP contribution is 2.15. The van der Waals surface area contributed by atoms with Gasteiger partial charge >= 0.3 is 0 Å². The molecule has 0 spiro atoms. The van der Waals surface area contributed by atoms with E-state index in [0.717, 1.165) is 18.5 Å². The van der Waals surface area contributed by atoms with Crippen LogP contribution in [0.15, 0.2) is 24.3 Å². The first-order valence-corrected chi connectivity index (χ1v) is 8.58. The summed E-state index contributed by atoms with van der Waals surface area (Å²) in [5.41, 5.74) is 2.13. The van der Waals surface area contributed by atoms with Crippen LogP contribution in [-0.4, -0.2) is 27.3 Å². The fraction of sp³-hybridized carbons (Fsp3) is 0.571. The van der Waals surface area contributed by atoms with Crippen molar-refractivity contribution in [2.24, 2.45) is 0 Å². The number of benzene rings is 1. The van der Waals surface area contributed by atoms with E-state index in [4.69, 9.17) is 0 Å².